The van der Waals surface area contributed by atoms with E-state index in [1.54, 1.807) is 13.2 Å². The Hall–Kier alpha value is -1.33. The zero-order chi connectivity index (χ0) is 13.7. The van der Waals surface area contributed by atoms with Crippen LogP contribution in [0, 0.1) is 5.92 Å². The number of likely N-dealkylation sites (tertiary alicyclic amines) is 1. The van der Waals surface area contributed by atoms with E-state index in [9.17, 15) is 4.79 Å². The number of hydrogen-bond donors (Lipinski definition) is 2. The van der Waals surface area contributed by atoms with E-state index in [1.807, 2.05) is 12.1 Å². The number of carbonyl (C=O) groups excluding carboxylic acids is 1. The van der Waals surface area contributed by atoms with Crippen LogP contribution < -0.4 is 11.1 Å². The van der Waals surface area contributed by atoms with Crippen molar-refractivity contribution < 1.29 is 9.21 Å². The van der Waals surface area contributed by atoms with Gasteiger partial charge in [0.1, 0.15) is 5.76 Å². The third kappa shape index (κ3) is 3.81. The van der Waals surface area contributed by atoms with Gasteiger partial charge < -0.3 is 15.5 Å². The minimum Gasteiger partial charge on any atom is -0.468 e. The Kier molecular flexibility index (Phi) is 4.99. The Morgan fingerprint density at radius 3 is 2.84 bits per heavy atom. The molecule has 5 heteroatoms. The predicted molar refractivity (Wildman–Crippen MR) is 73.5 cm³/mol. The van der Waals surface area contributed by atoms with Crippen LogP contribution in [-0.2, 0) is 4.79 Å². The highest BCUT2D eigenvalue weighted by Crippen LogP contribution is 2.26. The summed E-state index contributed by atoms with van der Waals surface area (Å²) in [6, 6.07) is 4.07. The Balaban J connectivity index is 1.83. The molecule has 106 valence electrons. The highest BCUT2D eigenvalue weighted by Gasteiger charge is 2.26. The largest absolute Gasteiger partial charge is 0.468 e. The molecule has 1 atom stereocenters. The summed E-state index contributed by atoms with van der Waals surface area (Å²) in [7, 11) is 0. The molecule has 2 rings (SSSR count). The number of nitrogens with zero attached hydrogens (tertiary/aromatic N) is 1. The fourth-order valence-corrected chi connectivity index (χ4v) is 2.68. The van der Waals surface area contributed by atoms with Gasteiger partial charge in [-0.3, -0.25) is 9.69 Å². The van der Waals surface area contributed by atoms with Gasteiger partial charge in [-0.2, -0.15) is 0 Å². The first-order valence-electron chi connectivity index (χ1n) is 6.92. The Morgan fingerprint density at radius 2 is 2.32 bits per heavy atom. The van der Waals surface area contributed by atoms with Gasteiger partial charge in [-0.25, -0.2) is 0 Å². The first-order chi connectivity index (χ1) is 9.20. The lowest BCUT2D eigenvalue weighted by Crippen LogP contribution is -2.42. The summed E-state index contributed by atoms with van der Waals surface area (Å²) in [5, 5.41) is 2.90. The van der Waals surface area contributed by atoms with Gasteiger partial charge in [0.2, 0.25) is 5.91 Å². The normalized spacial score (nSPS) is 19.3. The van der Waals surface area contributed by atoms with Crippen molar-refractivity contribution in [2.75, 3.05) is 26.2 Å². The maximum atomic E-state index is 10.9. The van der Waals surface area contributed by atoms with Gasteiger partial charge in [0, 0.05) is 20.0 Å². The molecule has 2 heterocycles. The van der Waals surface area contributed by atoms with E-state index >= 15 is 0 Å². The molecule has 1 aromatic heterocycles. The first-order valence-corrected chi connectivity index (χ1v) is 6.92. The second-order valence-corrected chi connectivity index (χ2v) is 5.18. The minimum atomic E-state index is 0.0536. The molecule has 0 bridgehead atoms. The number of nitrogens with two attached hydrogens (primary N) is 1. The Morgan fingerprint density at radius 1 is 1.58 bits per heavy atom. The maximum Gasteiger partial charge on any atom is 0.216 e. The summed E-state index contributed by atoms with van der Waals surface area (Å²) in [6.45, 7) is 4.94. The van der Waals surface area contributed by atoms with Crippen LogP contribution in [0.5, 0.6) is 0 Å². The average molecular weight is 265 g/mol. The van der Waals surface area contributed by atoms with Gasteiger partial charge in [0.15, 0.2) is 0 Å². The van der Waals surface area contributed by atoms with E-state index in [0.717, 1.165) is 38.2 Å². The van der Waals surface area contributed by atoms with Gasteiger partial charge >= 0.3 is 0 Å². The molecule has 1 aliphatic heterocycles. The van der Waals surface area contributed by atoms with Crippen LogP contribution in [-0.4, -0.2) is 37.0 Å². The monoisotopic (exact) mass is 265 g/mol. The fraction of sp³-hybridized carbons (Fsp3) is 0.643. The molecule has 0 saturated carbocycles. The third-order valence-electron chi connectivity index (χ3n) is 3.82. The summed E-state index contributed by atoms with van der Waals surface area (Å²) in [5.41, 5.74) is 5.87. The van der Waals surface area contributed by atoms with Crippen molar-refractivity contribution in [3.05, 3.63) is 24.2 Å². The SMILES string of the molecule is CC(=O)NCC1CCN(C(CN)c2ccco2)CC1. The Labute approximate surface area is 114 Å². The molecule has 1 aliphatic rings. The van der Waals surface area contributed by atoms with Gasteiger partial charge in [0.25, 0.3) is 0 Å². The standard InChI is InChI=1S/C14H23N3O2/c1-11(18)16-10-12-4-6-17(7-5-12)13(9-15)14-3-2-8-19-14/h2-3,8,12-13H,4-7,9-10,15H2,1H3,(H,16,18). The van der Waals surface area contributed by atoms with E-state index in [1.165, 1.54) is 0 Å². The third-order valence-corrected chi connectivity index (χ3v) is 3.82. The molecule has 5 nitrogen and oxygen atoms in total. The number of furan rings is 1. The lowest BCUT2D eigenvalue weighted by Gasteiger charge is -2.36. The smallest absolute Gasteiger partial charge is 0.216 e. The number of amides is 1. The minimum absolute atomic E-state index is 0.0536. The van der Waals surface area contributed by atoms with Crippen molar-refractivity contribution >= 4 is 5.91 Å². The van der Waals surface area contributed by atoms with Gasteiger partial charge in [-0.1, -0.05) is 0 Å². The summed E-state index contributed by atoms with van der Waals surface area (Å²) >= 11 is 0. The van der Waals surface area contributed by atoms with Gasteiger partial charge in [-0.05, 0) is 44.0 Å². The molecule has 0 radical (unpaired) electrons. The van der Waals surface area contributed by atoms with Crippen molar-refractivity contribution in [2.24, 2.45) is 11.7 Å². The molecule has 0 aromatic carbocycles. The zero-order valence-corrected chi connectivity index (χ0v) is 11.5. The Bertz CT molecular complexity index is 383. The zero-order valence-electron chi connectivity index (χ0n) is 11.5. The highest BCUT2D eigenvalue weighted by molar-refractivity contribution is 5.72. The molecule has 1 fully saturated rings. The number of piperidine rings is 1. The van der Waals surface area contributed by atoms with Crippen molar-refractivity contribution in [1.82, 2.24) is 10.2 Å². The van der Waals surface area contributed by atoms with Crippen LogP contribution in [0.1, 0.15) is 31.6 Å². The summed E-state index contributed by atoms with van der Waals surface area (Å²) in [6.07, 6.45) is 3.89. The number of carbonyl (C=O) groups is 1. The van der Waals surface area contributed by atoms with Gasteiger partial charge in [0.05, 0.1) is 12.3 Å². The highest BCUT2D eigenvalue weighted by atomic mass is 16.3. The van der Waals surface area contributed by atoms with Crippen molar-refractivity contribution in [3.8, 4) is 0 Å². The second-order valence-electron chi connectivity index (χ2n) is 5.18. The van der Waals surface area contributed by atoms with Crippen LogP contribution in [0.15, 0.2) is 22.8 Å². The van der Waals surface area contributed by atoms with Crippen LogP contribution in [0.3, 0.4) is 0 Å². The number of nitrogens with one attached hydrogen (secondary N) is 1. The van der Waals surface area contributed by atoms with E-state index in [4.69, 9.17) is 10.2 Å². The molecule has 1 unspecified atom stereocenters. The van der Waals surface area contributed by atoms with Crippen LogP contribution in [0.4, 0.5) is 0 Å². The predicted octanol–water partition coefficient (Wildman–Crippen LogP) is 1.13. The van der Waals surface area contributed by atoms with Crippen molar-refractivity contribution in [2.45, 2.75) is 25.8 Å². The van der Waals surface area contributed by atoms with Crippen LogP contribution in [0.25, 0.3) is 0 Å². The average Bonchev–Trinajstić information content (AvgIpc) is 2.92. The van der Waals surface area contributed by atoms with E-state index in [0.29, 0.717) is 12.5 Å². The molecule has 3 N–H and O–H groups in total. The molecule has 1 aromatic rings. The molecule has 1 saturated heterocycles. The molecular formula is C14H23N3O2. The van der Waals surface area contributed by atoms with Gasteiger partial charge in [-0.15, -0.1) is 0 Å². The van der Waals surface area contributed by atoms with E-state index in [2.05, 4.69) is 10.2 Å². The fourth-order valence-electron chi connectivity index (χ4n) is 2.68. The van der Waals surface area contributed by atoms with E-state index < -0.39 is 0 Å². The molecule has 0 spiro atoms. The maximum absolute atomic E-state index is 10.9. The summed E-state index contributed by atoms with van der Waals surface area (Å²) < 4.78 is 5.47. The van der Waals surface area contributed by atoms with Crippen LogP contribution >= 0.6 is 0 Å². The second kappa shape index (κ2) is 6.73. The topological polar surface area (TPSA) is 71.5 Å². The van der Waals surface area contributed by atoms with Crippen molar-refractivity contribution in [3.63, 3.8) is 0 Å². The quantitative estimate of drug-likeness (QED) is 0.837. The van der Waals surface area contributed by atoms with E-state index in [-0.39, 0.29) is 11.9 Å². The molecule has 1 amide bonds. The summed E-state index contributed by atoms with van der Waals surface area (Å²) in [5.74, 6) is 1.58. The lowest BCUT2D eigenvalue weighted by atomic mass is 9.95. The number of rotatable bonds is 5. The van der Waals surface area contributed by atoms with Crippen molar-refractivity contribution in [1.29, 1.82) is 0 Å². The molecule has 0 aliphatic carbocycles. The lowest BCUT2D eigenvalue weighted by molar-refractivity contribution is -0.119. The molecular weight excluding hydrogens is 242 g/mol. The molecule has 19 heavy (non-hydrogen) atoms. The number of hydrogen-bond acceptors (Lipinski definition) is 4. The summed E-state index contributed by atoms with van der Waals surface area (Å²) in [4.78, 5) is 13.3. The first kappa shape index (κ1) is 14.1. The van der Waals surface area contributed by atoms with Crippen LogP contribution in [0.2, 0.25) is 0 Å².